The molecule has 1 N–H and O–H groups in total. The fraction of sp³-hybridized carbons (Fsp3) is 0.467. The molecule has 0 fully saturated rings. The monoisotopic (exact) mass is 290 g/mol. The van der Waals surface area contributed by atoms with Gasteiger partial charge in [-0.25, -0.2) is 0 Å². The van der Waals surface area contributed by atoms with Gasteiger partial charge in [0.25, 0.3) is 0 Å². The van der Waals surface area contributed by atoms with Crippen molar-refractivity contribution in [2.45, 2.75) is 19.4 Å². The van der Waals surface area contributed by atoms with Gasteiger partial charge in [0.05, 0.1) is 19.9 Å². The molecule has 0 spiro atoms. The summed E-state index contributed by atoms with van der Waals surface area (Å²) in [6, 6.07) is 6.04. The summed E-state index contributed by atoms with van der Waals surface area (Å²) >= 11 is 0. The number of benzene rings is 1. The third kappa shape index (κ3) is 3.95. The molecule has 114 valence electrons. The molecule has 2 rings (SSSR count). The molecule has 0 amide bonds. The van der Waals surface area contributed by atoms with Crippen LogP contribution >= 0.6 is 0 Å². The van der Waals surface area contributed by atoms with Crippen LogP contribution in [0.3, 0.4) is 0 Å². The average Bonchev–Trinajstić information content (AvgIpc) is 2.91. The minimum atomic E-state index is 0.135. The number of hydrogen-bond donors (Lipinski definition) is 1. The molecule has 0 aliphatic rings. The normalized spacial score (nSPS) is 12.2. The number of aryl methyl sites for hydroxylation is 1. The van der Waals surface area contributed by atoms with Crippen molar-refractivity contribution in [2.24, 2.45) is 7.05 Å². The summed E-state index contributed by atoms with van der Waals surface area (Å²) in [4.78, 5) is 0. The van der Waals surface area contributed by atoms with Gasteiger partial charge >= 0.3 is 0 Å². The van der Waals surface area contributed by atoms with E-state index in [0.717, 1.165) is 35.7 Å². The molecular formula is C15H22N4O2. The Morgan fingerprint density at radius 1 is 1.19 bits per heavy atom. The first-order chi connectivity index (χ1) is 10.2. The predicted molar refractivity (Wildman–Crippen MR) is 80.7 cm³/mol. The summed E-state index contributed by atoms with van der Waals surface area (Å²) in [5.74, 6) is 1.57. The number of rotatable bonds is 7. The summed E-state index contributed by atoms with van der Waals surface area (Å²) < 4.78 is 12.4. The number of ether oxygens (including phenoxy) is 2. The van der Waals surface area contributed by atoms with Crippen molar-refractivity contribution in [3.8, 4) is 11.5 Å². The van der Waals surface area contributed by atoms with E-state index in [0.29, 0.717) is 0 Å². The summed E-state index contributed by atoms with van der Waals surface area (Å²) in [5, 5.41) is 11.6. The second-order valence-electron chi connectivity index (χ2n) is 4.84. The zero-order chi connectivity index (χ0) is 15.2. The van der Waals surface area contributed by atoms with Crippen LogP contribution in [-0.2, 0) is 13.5 Å². The number of aromatic nitrogens is 3. The van der Waals surface area contributed by atoms with E-state index < -0.39 is 0 Å². The van der Waals surface area contributed by atoms with Crippen LogP contribution in [-0.4, -0.2) is 35.8 Å². The van der Waals surface area contributed by atoms with Crippen molar-refractivity contribution >= 4 is 0 Å². The van der Waals surface area contributed by atoms with Crippen LogP contribution in [0.2, 0.25) is 0 Å². The molecule has 1 aromatic heterocycles. The summed E-state index contributed by atoms with van der Waals surface area (Å²) in [6.07, 6.45) is 2.69. The highest BCUT2D eigenvalue weighted by Gasteiger charge is 2.15. The molecule has 0 aliphatic carbocycles. The summed E-state index contributed by atoms with van der Waals surface area (Å²) in [7, 11) is 5.18. The van der Waals surface area contributed by atoms with E-state index in [2.05, 4.69) is 22.6 Å². The number of likely N-dealkylation sites (N-methyl/N-ethyl adjacent to an activating group) is 1. The lowest BCUT2D eigenvalue weighted by atomic mass is 10.0. The maximum atomic E-state index is 5.34. The third-order valence-corrected chi connectivity index (χ3v) is 3.29. The Morgan fingerprint density at radius 2 is 1.86 bits per heavy atom. The van der Waals surface area contributed by atoms with Crippen molar-refractivity contribution in [1.82, 2.24) is 20.3 Å². The first-order valence-electron chi connectivity index (χ1n) is 6.97. The maximum absolute atomic E-state index is 5.34. The molecular weight excluding hydrogens is 268 g/mol. The van der Waals surface area contributed by atoms with Crippen LogP contribution in [0.1, 0.15) is 24.2 Å². The van der Waals surface area contributed by atoms with Crippen molar-refractivity contribution in [1.29, 1.82) is 0 Å². The molecule has 6 heteroatoms. The molecule has 0 radical (unpaired) electrons. The highest BCUT2D eigenvalue weighted by Crippen LogP contribution is 2.27. The number of nitrogens with one attached hydrogen (secondary N) is 1. The Bertz CT molecular complexity index is 561. The van der Waals surface area contributed by atoms with Crippen molar-refractivity contribution in [2.75, 3.05) is 20.8 Å². The topological polar surface area (TPSA) is 61.2 Å². The molecule has 2 aromatic rings. The zero-order valence-corrected chi connectivity index (χ0v) is 13.0. The van der Waals surface area contributed by atoms with Crippen molar-refractivity contribution in [3.63, 3.8) is 0 Å². The highest BCUT2D eigenvalue weighted by molar-refractivity contribution is 5.40. The standard InChI is InChI=1S/C15H22N4O2/c1-5-16-15(8-12-10-19(2)18-17-12)11-6-13(20-3)9-14(7-11)21-4/h6-7,9-10,15-16H,5,8H2,1-4H3. The van der Waals surface area contributed by atoms with Gasteiger partial charge in [-0.05, 0) is 24.2 Å². The van der Waals surface area contributed by atoms with Crippen molar-refractivity contribution in [3.05, 3.63) is 35.7 Å². The van der Waals surface area contributed by atoms with Gasteiger partial charge in [-0.3, -0.25) is 4.68 Å². The van der Waals surface area contributed by atoms with Gasteiger partial charge in [0, 0.05) is 31.8 Å². The maximum Gasteiger partial charge on any atom is 0.122 e. The van der Waals surface area contributed by atoms with Crippen LogP contribution < -0.4 is 14.8 Å². The van der Waals surface area contributed by atoms with E-state index in [1.807, 2.05) is 31.4 Å². The SMILES string of the molecule is CCNC(Cc1cn(C)nn1)c1cc(OC)cc(OC)c1. The Morgan fingerprint density at radius 3 is 2.33 bits per heavy atom. The van der Waals surface area contributed by atoms with Gasteiger partial charge in [0.1, 0.15) is 11.5 Å². The number of methoxy groups -OCH3 is 2. The highest BCUT2D eigenvalue weighted by atomic mass is 16.5. The molecule has 1 heterocycles. The Balaban J connectivity index is 2.28. The molecule has 1 aromatic carbocycles. The minimum Gasteiger partial charge on any atom is -0.497 e. The molecule has 21 heavy (non-hydrogen) atoms. The van der Waals surface area contributed by atoms with E-state index in [1.54, 1.807) is 18.9 Å². The molecule has 0 bridgehead atoms. The summed E-state index contributed by atoms with van der Waals surface area (Å²) in [6.45, 7) is 2.95. The molecule has 6 nitrogen and oxygen atoms in total. The van der Waals surface area contributed by atoms with Gasteiger partial charge in [-0.1, -0.05) is 12.1 Å². The fourth-order valence-corrected chi connectivity index (χ4v) is 2.28. The van der Waals surface area contributed by atoms with Gasteiger partial charge in [0.2, 0.25) is 0 Å². The first-order valence-corrected chi connectivity index (χ1v) is 6.97. The van der Waals surface area contributed by atoms with Crippen LogP contribution in [0, 0.1) is 0 Å². The predicted octanol–water partition coefficient (Wildman–Crippen LogP) is 1.73. The molecule has 1 atom stereocenters. The molecule has 0 saturated carbocycles. The number of nitrogens with zero attached hydrogens (tertiary/aromatic N) is 3. The second kappa shape index (κ2) is 7.08. The lowest BCUT2D eigenvalue weighted by Crippen LogP contribution is -2.23. The Hall–Kier alpha value is -2.08. The number of hydrogen-bond acceptors (Lipinski definition) is 5. The lowest BCUT2D eigenvalue weighted by molar-refractivity contribution is 0.391. The van der Waals surface area contributed by atoms with Gasteiger partial charge in [0.15, 0.2) is 0 Å². The van der Waals surface area contributed by atoms with Gasteiger partial charge in [-0.2, -0.15) is 0 Å². The van der Waals surface area contributed by atoms with Crippen LogP contribution in [0.25, 0.3) is 0 Å². The zero-order valence-electron chi connectivity index (χ0n) is 13.0. The first kappa shape index (κ1) is 15.3. The van der Waals surface area contributed by atoms with Crippen molar-refractivity contribution < 1.29 is 9.47 Å². The van der Waals surface area contributed by atoms with E-state index in [4.69, 9.17) is 9.47 Å². The van der Waals surface area contributed by atoms with Gasteiger partial charge < -0.3 is 14.8 Å². The Labute approximate surface area is 125 Å². The van der Waals surface area contributed by atoms with E-state index >= 15 is 0 Å². The molecule has 1 unspecified atom stereocenters. The quantitative estimate of drug-likeness (QED) is 0.841. The van der Waals surface area contributed by atoms with Crippen LogP contribution in [0.4, 0.5) is 0 Å². The van der Waals surface area contributed by atoms with Gasteiger partial charge in [-0.15, -0.1) is 5.10 Å². The van der Waals surface area contributed by atoms with Crippen LogP contribution in [0.15, 0.2) is 24.4 Å². The Kier molecular flexibility index (Phi) is 5.16. The van der Waals surface area contributed by atoms with E-state index in [1.165, 1.54) is 0 Å². The lowest BCUT2D eigenvalue weighted by Gasteiger charge is -2.19. The smallest absolute Gasteiger partial charge is 0.122 e. The van der Waals surface area contributed by atoms with Crippen LogP contribution in [0.5, 0.6) is 11.5 Å². The summed E-state index contributed by atoms with van der Waals surface area (Å²) in [5.41, 5.74) is 2.06. The largest absolute Gasteiger partial charge is 0.497 e. The van der Waals surface area contributed by atoms with E-state index in [-0.39, 0.29) is 6.04 Å². The molecule has 0 saturated heterocycles. The minimum absolute atomic E-state index is 0.135. The molecule has 0 aliphatic heterocycles. The second-order valence-corrected chi connectivity index (χ2v) is 4.84. The van der Waals surface area contributed by atoms with E-state index in [9.17, 15) is 0 Å². The third-order valence-electron chi connectivity index (χ3n) is 3.29. The fourth-order valence-electron chi connectivity index (χ4n) is 2.28. The average molecular weight is 290 g/mol.